The van der Waals surface area contributed by atoms with Crippen molar-refractivity contribution in [3.63, 3.8) is 0 Å². The van der Waals surface area contributed by atoms with Gasteiger partial charge in [0.1, 0.15) is 6.29 Å². The van der Waals surface area contributed by atoms with Crippen molar-refractivity contribution >= 4 is 6.29 Å². The molecule has 2 nitrogen and oxygen atoms in total. The highest BCUT2D eigenvalue weighted by molar-refractivity contribution is 5.58. The Morgan fingerprint density at radius 2 is 2.06 bits per heavy atom. The third-order valence-electron chi connectivity index (χ3n) is 5.58. The minimum Gasteiger partial charge on any atom is -0.389 e. The summed E-state index contributed by atoms with van der Waals surface area (Å²) in [4.78, 5) is 11.3. The molecule has 16 heavy (non-hydrogen) atoms. The number of aldehydes is 1. The Kier molecular flexibility index (Phi) is 2.08. The zero-order valence-corrected chi connectivity index (χ0v) is 10.3. The van der Waals surface area contributed by atoms with Gasteiger partial charge in [0.25, 0.3) is 0 Å². The molecule has 0 aromatic rings. The molecule has 0 heterocycles. The highest BCUT2D eigenvalue weighted by atomic mass is 16.3. The van der Waals surface area contributed by atoms with Gasteiger partial charge in [0.05, 0.1) is 5.60 Å². The molecule has 0 bridgehead atoms. The van der Waals surface area contributed by atoms with Crippen LogP contribution in [0, 0.1) is 29.1 Å². The number of fused-ring (bicyclic) bond motifs is 2. The predicted molar refractivity (Wildman–Crippen MR) is 61.8 cm³/mol. The van der Waals surface area contributed by atoms with E-state index in [0.717, 1.165) is 32.0 Å². The van der Waals surface area contributed by atoms with Gasteiger partial charge in [-0.2, -0.15) is 0 Å². The van der Waals surface area contributed by atoms with Crippen LogP contribution in [0.15, 0.2) is 0 Å². The standard InChI is InChI=1S/C14H22O2/c1-13(2)6-9-5-10-3-4-14(10,16)12(8-15)11(9)7-13/h8-12,16H,3-7H2,1-2H3/t9-,10?,11+,12?,14-/m0/s1. The molecular formula is C14H22O2. The number of rotatable bonds is 1. The first kappa shape index (κ1) is 10.8. The lowest BCUT2D eigenvalue weighted by Crippen LogP contribution is -2.59. The average molecular weight is 222 g/mol. The molecule has 1 N–H and O–H groups in total. The molecule has 2 unspecified atom stereocenters. The lowest BCUT2D eigenvalue weighted by molar-refractivity contribution is -0.185. The summed E-state index contributed by atoms with van der Waals surface area (Å²) in [5, 5.41) is 10.6. The first-order valence-corrected chi connectivity index (χ1v) is 6.64. The maximum Gasteiger partial charge on any atom is 0.126 e. The quantitative estimate of drug-likeness (QED) is 0.692. The van der Waals surface area contributed by atoms with Crippen LogP contribution in [-0.2, 0) is 4.79 Å². The fourth-order valence-electron chi connectivity index (χ4n) is 4.79. The van der Waals surface area contributed by atoms with Crippen LogP contribution in [0.5, 0.6) is 0 Å². The van der Waals surface area contributed by atoms with Gasteiger partial charge >= 0.3 is 0 Å². The Morgan fingerprint density at radius 1 is 1.31 bits per heavy atom. The normalized spacial score (nSPS) is 53.7. The van der Waals surface area contributed by atoms with Crippen LogP contribution in [0.1, 0.15) is 46.0 Å². The summed E-state index contributed by atoms with van der Waals surface area (Å²) in [7, 11) is 0. The third-order valence-corrected chi connectivity index (χ3v) is 5.58. The number of carbonyl (C=O) groups is 1. The SMILES string of the molecule is CC1(C)C[C@@H]2CC3CC[C@@]3(O)C(C=O)[C@@H]2C1. The summed E-state index contributed by atoms with van der Waals surface area (Å²) in [6.45, 7) is 4.61. The van der Waals surface area contributed by atoms with Crippen molar-refractivity contribution < 1.29 is 9.90 Å². The van der Waals surface area contributed by atoms with Crippen LogP contribution in [0.3, 0.4) is 0 Å². The number of carbonyl (C=O) groups excluding carboxylic acids is 1. The van der Waals surface area contributed by atoms with Gasteiger partial charge in [-0.15, -0.1) is 0 Å². The topological polar surface area (TPSA) is 37.3 Å². The van der Waals surface area contributed by atoms with E-state index in [0.29, 0.717) is 23.2 Å². The second-order valence-corrected chi connectivity index (χ2v) is 7.12. The molecule has 5 atom stereocenters. The molecule has 3 rings (SSSR count). The van der Waals surface area contributed by atoms with E-state index in [-0.39, 0.29) is 5.92 Å². The molecular weight excluding hydrogens is 200 g/mol. The van der Waals surface area contributed by atoms with Crippen molar-refractivity contribution in [1.82, 2.24) is 0 Å². The van der Waals surface area contributed by atoms with Gasteiger partial charge in [0.15, 0.2) is 0 Å². The molecule has 0 aliphatic heterocycles. The molecule has 0 aromatic carbocycles. The van der Waals surface area contributed by atoms with E-state index >= 15 is 0 Å². The van der Waals surface area contributed by atoms with Crippen LogP contribution in [0.25, 0.3) is 0 Å². The molecule has 0 saturated heterocycles. The van der Waals surface area contributed by atoms with Gasteiger partial charge in [-0.25, -0.2) is 0 Å². The first-order valence-electron chi connectivity index (χ1n) is 6.64. The molecule has 0 amide bonds. The van der Waals surface area contributed by atoms with Crippen molar-refractivity contribution in [1.29, 1.82) is 0 Å². The van der Waals surface area contributed by atoms with E-state index < -0.39 is 5.60 Å². The van der Waals surface area contributed by atoms with E-state index in [9.17, 15) is 9.90 Å². The van der Waals surface area contributed by atoms with Gasteiger partial charge in [0.2, 0.25) is 0 Å². The summed E-state index contributed by atoms with van der Waals surface area (Å²) in [5.41, 5.74) is -0.250. The number of aliphatic hydroxyl groups is 1. The number of hydrogen-bond acceptors (Lipinski definition) is 2. The van der Waals surface area contributed by atoms with E-state index in [1.165, 1.54) is 6.42 Å². The highest BCUT2D eigenvalue weighted by Crippen LogP contribution is 2.62. The van der Waals surface area contributed by atoms with Gasteiger partial charge in [-0.1, -0.05) is 13.8 Å². The Labute approximate surface area is 97.4 Å². The van der Waals surface area contributed by atoms with Gasteiger partial charge in [-0.05, 0) is 55.3 Å². The molecule has 2 heteroatoms. The zero-order valence-electron chi connectivity index (χ0n) is 10.3. The van der Waals surface area contributed by atoms with E-state index in [1.807, 2.05) is 0 Å². The number of hydrogen-bond donors (Lipinski definition) is 1. The maximum absolute atomic E-state index is 11.3. The monoisotopic (exact) mass is 222 g/mol. The Balaban J connectivity index is 1.91. The summed E-state index contributed by atoms with van der Waals surface area (Å²) < 4.78 is 0. The zero-order chi connectivity index (χ0) is 11.6. The summed E-state index contributed by atoms with van der Waals surface area (Å²) in [5.74, 6) is 1.48. The van der Waals surface area contributed by atoms with Crippen molar-refractivity contribution in [2.45, 2.75) is 51.6 Å². The minimum absolute atomic E-state index is 0.0771. The first-order chi connectivity index (χ1) is 7.46. The molecule has 90 valence electrons. The lowest BCUT2D eigenvalue weighted by atomic mass is 9.52. The summed E-state index contributed by atoms with van der Waals surface area (Å²) >= 11 is 0. The minimum atomic E-state index is -0.622. The largest absolute Gasteiger partial charge is 0.389 e. The van der Waals surface area contributed by atoms with Crippen molar-refractivity contribution in [3.05, 3.63) is 0 Å². The fraction of sp³-hybridized carbons (Fsp3) is 0.929. The maximum atomic E-state index is 11.3. The van der Waals surface area contributed by atoms with Crippen LogP contribution in [-0.4, -0.2) is 17.0 Å². The van der Waals surface area contributed by atoms with Gasteiger partial charge in [-0.3, -0.25) is 0 Å². The predicted octanol–water partition coefficient (Wildman–Crippen LogP) is 2.40. The van der Waals surface area contributed by atoms with E-state index in [4.69, 9.17) is 0 Å². The van der Waals surface area contributed by atoms with E-state index in [1.54, 1.807) is 0 Å². The molecule has 0 aromatic heterocycles. The molecule has 3 fully saturated rings. The molecule has 3 aliphatic rings. The van der Waals surface area contributed by atoms with Crippen LogP contribution >= 0.6 is 0 Å². The van der Waals surface area contributed by atoms with Crippen molar-refractivity contribution in [3.8, 4) is 0 Å². The van der Waals surface area contributed by atoms with Crippen molar-refractivity contribution in [2.75, 3.05) is 0 Å². The van der Waals surface area contributed by atoms with Gasteiger partial charge in [0, 0.05) is 5.92 Å². The Bertz CT molecular complexity index is 323. The van der Waals surface area contributed by atoms with Crippen LogP contribution < -0.4 is 0 Å². The Hall–Kier alpha value is -0.370. The molecule has 3 saturated carbocycles. The summed E-state index contributed by atoms with van der Waals surface area (Å²) in [6.07, 6.45) is 6.57. The van der Waals surface area contributed by atoms with Crippen molar-refractivity contribution in [2.24, 2.45) is 29.1 Å². The second kappa shape index (κ2) is 3.10. The summed E-state index contributed by atoms with van der Waals surface area (Å²) in [6, 6.07) is 0. The second-order valence-electron chi connectivity index (χ2n) is 7.12. The average Bonchev–Trinajstić information content (AvgIpc) is 2.49. The molecule has 3 aliphatic carbocycles. The third kappa shape index (κ3) is 1.25. The van der Waals surface area contributed by atoms with Gasteiger partial charge < -0.3 is 9.90 Å². The fourth-order valence-corrected chi connectivity index (χ4v) is 4.79. The molecule has 0 spiro atoms. The smallest absolute Gasteiger partial charge is 0.126 e. The van der Waals surface area contributed by atoms with E-state index in [2.05, 4.69) is 13.8 Å². The molecule has 0 radical (unpaired) electrons. The Morgan fingerprint density at radius 3 is 2.62 bits per heavy atom. The highest BCUT2D eigenvalue weighted by Gasteiger charge is 2.61. The lowest BCUT2D eigenvalue weighted by Gasteiger charge is -2.56. The van der Waals surface area contributed by atoms with Crippen LogP contribution in [0.2, 0.25) is 0 Å². The van der Waals surface area contributed by atoms with Crippen LogP contribution in [0.4, 0.5) is 0 Å².